The lowest BCUT2D eigenvalue weighted by molar-refractivity contribution is -0.115. The lowest BCUT2D eigenvalue weighted by Crippen LogP contribution is -2.33. The number of hydrogen-bond donors (Lipinski definition) is 3. The topological polar surface area (TPSA) is 61.4 Å². The maximum Gasteiger partial charge on any atom is 0.228 e. The van der Waals surface area contributed by atoms with E-state index in [2.05, 4.69) is 10.6 Å². The van der Waals surface area contributed by atoms with Crippen molar-refractivity contribution in [1.82, 2.24) is 5.32 Å². The Kier molecular flexibility index (Phi) is 3.48. The first kappa shape index (κ1) is 12.9. The zero-order valence-electron chi connectivity index (χ0n) is 10.6. The molecular formula is C14H17ClN2O2. The number of piperidine rings is 1. The van der Waals surface area contributed by atoms with E-state index >= 15 is 0 Å². The summed E-state index contributed by atoms with van der Waals surface area (Å²) in [5, 5.41) is 17.1. The number of hydrogen-bond acceptors (Lipinski definition) is 3. The van der Waals surface area contributed by atoms with Crippen LogP contribution in [-0.4, -0.2) is 24.1 Å². The zero-order valence-corrected chi connectivity index (χ0v) is 11.3. The number of fused-ring (bicyclic) bond motifs is 1. The van der Waals surface area contributed by atoms with Crippen molar-refractivity contribution in [2.45, 2.75) is 25.4 Å². The Morgan fingerprint density at radius 2 is 2.26 bits per heavy atom. The number of anilines is 1. The third-order valence-electron chi connectivity index (χ3n) is 3.95. The van der Waals surface area contributed by atoms with Crippen LogP contribution >= 0.6 is 11.6 Å². The fourth-order valence-corrected chi connectivity index (χ4v) is 3.17. The highest BCUT2D eigenvalue weighted by molar-refractivity contribution is 6.32. The number of carbonyl (C=O) groups is 1. The molecule has 0 radical (unpaired) electrons. The van der Waals surface area contributed by atoms with Crippen LogP contribution in [0, 0.1) is 5.92 Å². The summed E-state index contributed by atoms with van der Waals surface area (Å²) >= 11 is 6.24. The van der Waals surface area contributed by atoms with E-state index < -0.39 is 6.10 Å². The first-order valence-electron chi connectivity index (χ1n) is 6.66. The highest BCUT2D eigenvalue weighted by Gasteiger charge is 2.27. The molecular weight excluding hydrogens is 264 g/mol. The molecule has 0 spiro atoms. The van der Waals surface area contributed by atoms with Crippen molar-refractivity contribution in [2.24, 2.45) is 5.92 Å². The van der Waals surface area contributed by atoms with E-state index in [1.54, 1.807) is 6.07 Å². The van der Waals surface area contributed by atoms with Gasteiger partial charge < -0.3 is 15.7 Å². The minimum Gasteiger partial charge on any atom is -0.388 e. The number of nitrogens with one attached hydrogen (secondary N) is 2. The van der Waals surface area contributed by atoms with Crippen molar-refractivity contribution in [1.29, 1.82) is 0 Å². The SMILES string of the molecule is O=C1Cc2cc(C(O)C3CCCNC3)c(Cl)cc2N1. The Morgan fingerprint density at radius 3 is 3.00 bits per heavy atom. The summed E-state index contributed by atoms with van der Waals surface area (Å²) in [6.07, 6.45) is 1.87. The summed E-state index contributed by atoms with van der Waals surface area (Å²) in [7, 11) is 0. The van der Waals surface area contributed by atoms with E-state index in [1.807, 2.05) is 6.07 Å². The third-order valence-corrected chi connectivity index (χ3v) is 4.28. The van der Waals surface area contributed by atoms with Crippen LogP contribution in [0.2, 0.25) is 5.02 Å². The largest absolute Gasteiger partial charge is 0.388 e. The molecule has 2 unspecified atom stereocenters. The van der Waals surface area contributed by atoms with Crippen molar-refractivity contribution in [2.75, 3.05) is 18.4 Å². The average molecular weight is 281 g/mol. The molecule has 2 atom stereocenters. The van der Waals surface area contributed by atoms with Gasteiger partial charge in [-0.25, -0.2) is 0 Å². The number of aliphatic hydroxyl groups excluding tert-OH is 1. The van der Waals surface area contributed by atoms with E-state index in [1.165, 1.54) is 0 Å². The van der Waals surface area contributed by atoms with Crippen LogP contribution in [0.3, 0.4) is 0 Å². The number of rotatable bonds is 2. The molecule has 2 aliphatic heterocycles. The molecule has 102 valence electrons. The Balaban J connectivity index is 1.88. The second-order valence-electron chi connectivity index (χ2n) is 5.31. The fourth-order valence-electron chi connectivity index (χ4n) is 2.90. The molecule has 1 saturated heterocycles. The van der Waals surface area contributed by atoms with Gasteiger partial charge >= 0.3 is 0 Å². The predicted octanol–water partition coefficient (Wildman–Crippen LogP) is 1.87. The summed E-state index contributed by atoms with van der Waals surface area (Å²) in [4.78, 5) is 11.4. The van der Waals surface area contributed by atoms with E-state index in [0.717, 1.165) is 42.7 Å². The van der Waals surface area contributed by atoms with Crippen LogP contribution in [0.15, 0.2) is 12.1 Å². The minimum absolute atomic E-state index is 0.0166. The van der Waals surface area contributed by atoms with Crippen molar-refractivity contribution in [3.63, 3.8) is 0 Å². The molecule has 2 aliphatic rings. The summed E-state index contributed by atoms with van der Waals surface area (Å²) in [6.45, 7) is 1.82. The Hall–Kier alpha value is -1.10. The van der Waals surface area contributed by atoms with Gasteiger partial charge in [0.05, 0.1) is 12.5 Å². The van der Waals surface area contributed by atoms with Crippen molar-refractivity contribution < 1.29 is 9.90 Å². The van der Waals surface area contributed by atoms with Gasteiger partial charge in [0.1, 0.15) is 0 Å². The van der Waals surface area contributed by atoms with E-state index in [0.29, 0.717) is 11.4 Å². The summed E-state index contributed by atoms with van der Waals surface area (Å²) in [5.74, 6) is 0.173. The quantitative estimate of drug-likeness (QED) is 0.775. The van der Waals surface area contributed by atoms with E-state index in [-0.39, 0.29) is 11.8 Å². The van der Waals surface area contributed by atoms with Crippen LogP contribution in [0.4, 0.5) is 5.69 Å². The second-order valence-corrected chi connectivity index (χ2v) is 5.71. The maximum absolute atomic E-state index is 11.4. The summed E-state index contributed by atoms with van der Waals surface area (Å²) in [6, 6.07) is 3.62. The molecule has 2 heterocycles. The van der Waals surface area contributed by atoms with Gasteiger partial charge in [-0.2, -0.15) is 0 Å². The molecule has 0 saturated carbocycles. The predicted molar refractivity (Wildman–Crippen MR) is 74.3 cm³/mol. The van der Waals surface area contributed by atoms with Gasteiger partial charge in [0.2, 0.25) is 5.91 Å². The highest BCUT2D eigenvalue weighted by atomic mass is 35.5. The average Bonchev–Trinajstić information content (AvgIpc) is 2.77. The second kappa shape index (κ2) is 5.12. The van der Waals surface area contributed by atoms with Crippen LogP contribution in [0.5, 0.6) is 0 Å². The fraction of sp³-hybridized carbons (Fsp3) is 0.500. The molecule has 5 heteroatoms. The van der Waals surface area contributed by atoms with Gasteiger partial charge in [-0.05, 0) is 42.6 Å². The van der Waals surface area contributed by atoms with Gasteiger partial charge in [-0.1, -0.05) is 11.6 Å². The van der Waals surface area contributed by atoms with Crippen molar-refractivity contribution >= 4 is 23.2 Å². The third kappa shape index (κ3) is 2.48. The van der Waals surface area contributed by atoms with Crippen molar-refractivity contribution in [3.05, 3.63) is 28.3 Å². The van der Waals surface area contributed by atoms with E-state index in [4.69, 9.17) is 11.6 Å². The maximum atomic E-state index is 11.4. The summed E-state index contributed by atoms with van der Waals surface area (Å²) < 4.78 is 0. The van der Waals surface area contributed by atoms with Crippen LogP contribution < -0.4 is 10.6 Å². The number of aliphatic hydroxyl groups is 1. The van der Waals surface area contributed by atoms with Crippen molar-refractivity contribution in [3.8, 4) is 0 Å². The van der Waals surface area contributed by atoms with E-state index in [9.17, 15) is 9.90 Å². The molecule has 19 heavy (non-hydrogen) atoms. The lowest BCUT2D eigenvalue weighted by Gasteiger charge is -2.28. The number of carbonyl (C=O) groups excluding carboxylic acids is 1. The first-order valence-corrected chi connectivity index (χ1v) is 7.04. The van der Waals surface area contributed by atoms with Gasteiger partial charge in [0, 0.05) is 23.2 Å². The molecule has 1 fully saturated rings. The van der Waals surface area contributed by atoms with Gasteiger partial charge in [-0.3, -0.25) is 4.79 Å². The monoisotopic (exact) mass is 280 g/mol. The number of amides is 1. The van der Waals surface area contributed by atoms with Crippen LogP contribution in [-0.2, 0) is 11.2 Å². The lowest BCUT2D eigenvalue weighted by atomic mass is 9.88. The molecule has 0 aromatic heterocycles. The Labute approximate surface area is 117 Å². The summed E-state index contributed by atoms with van der Waals surface area (Å²) in [5.41, 5.74) is 2.44. The minimum atomic E-state index is -0.568. The molecule has 3 rings (SSSR count). The zero-order chi connectivity index (χ0) is 13.4. The van der Waals surface area contributed by atoms with Crippen LogP contribution in [0.25, 0.3) is 0 Å². The molecule has 1 aromatic rings. The molecule has 0 aliphatic carbocycles. The standard InChI is InChI=1S/C14H17ClN2O2/c15-11-6-12-9(5-13(18)17-12)4-10(11)14(19)8-2-1-3-16-7-8/h4,6,8,14,16,19H,1-3,5,7H2,(H,17,18). The first-order chi connectivity index (χ1) is 9.15. The van der Waals surface area contributed by atoms with Gasteiger partial charge in [0.25, 0.3) is 0 Å². The molecule has 3 N–H and O–H groups in total. The normalized spacial score (nSPS) is 23.9. The molecule has 4 nitrogen and oxygen atoms in total. The number of benzene rings is 1. The molecule has 0 bridgehead atoms. The Bertz CT molecular complexity index is 512. The van der Waals surface area contributed by atoms with Gasteiger partial charge in [-0.15, -0.1) is 0 Å². The number of halogens is 1. The highest BCUT2D eigenvalue weighted by Crippen LogP contribution is 2.36. The smallest absolute Gasteiger partial charge is 0.228 e. The molecule has 1 amide bonds. The van der Waals surface area contributed by atoms with Gasteiger partial charge in [0.15, 0.2) is 0 Å². The molecule has 1 aromatic carbocycles. The Morgan fingerprint density at radius 1 is 1.42 bits per heavy atom. The van der Waals surface area contributed by atoms with Crippen LogP contribution in [0.1, 0.15) is 30.1 Å².